The topological polar surface area (TPSA) is 17.1 Å². The van der Waals surface area contributed by atoms with Crippen molar-refractivity contribution < 1.29 is 4.79 Å². The van der Waals surface area contributed by atoms with Gasteiger partial charge in [0.1, 0.15) is 6.29 Å². The zero-order chi connectivity index (χ0) is 9.84. The molecule has 70 valence electrons. The van der Waals surface area contributed by atoms with Crippen molar-refractivity contribution in [2.24, 2.45) is 0 Å². The highest BCUT2D eigenvalue weighted by atomic mass is 32.1. The number of hydrogen-bond acceptors (Lipinski definition) is 2. The van der Waals surface area contributed by atoms with Gasteiger partial charge in [-0.05, 0) is 23.6 Å². The molecule has 1 aromatic rings. The second kappa shape index (κ2) is 4.47. The molecule has 0 heterocycles. The first-order valence-electron chi connectivity index (χ1n) is 4.46. The average Bonchev–Trinajstić information content (AvgIpc) is 2.16. The summed E-state index contributed by atoms with van der Waals surface area (Å²) < 4.78 is 0. The van der Waals surface area contributed by atoms with E-state index in [2.05, 4.69) is 19.6 Å². The van der Waals surface area contributed by atoms with E-state index in [0.29, 0.717) is 0 Å². The maximum absolute atomic E-state index is 10.7. The third-order valence-electron chi connectivity index (χ3n) is 2.24. The Kier molecular flexibility index (Phi) is 3.55. The van der Waals surface area contributed by atoms with E-state index in [1.807, 2.05) is 25.1 Å². The molecule has 0 aliphatic carbocycles. The van der Waals surface area contributed by atoms with E-state index < -0.39 is 0 Å². The molecular formula is C11H14OS. The van der Waals surface area contributed by atoms with Gasteiger partial charge in [-0.15, -0.1) is 12.6 Å². The molecule has 0 N–H and O–H groups in total. The fourth-order valence-corrected chi connectivity index (χ4v) is 1.85. The molecule has 13 heavy (non-hydrogen) atoms. The molecular weight excluding hydrogens is 180 g/mol. The molecule has 0 aliphatic heterocycles. The van der Waals surface area contributed by atoms with E-state index in [1.165, 1.54) is 5.56 Å². The summed E-state index contributed by atoms with van der Waals surface area (Å²) in [5.74, 6) is -0.0259. The molecule has 1 rings (SSSR count). The molecule has 2 heteroatoms. The standard InChI is InChI=1S/C11H14OS/c1-3-9-10(8(2)7-12)5-4-6-11(9)13/h4-8,13H,3H2,1-2H3. The van der Waals surface area contributed by atoms with Crippen molar-refractivity contribution >= 4 is 18.9 Å². The Labute approximate surface area is 84.6 Å². The summed E-state index contributed by atoms with van der Waals surface area (Å²) >= 11 is 4.37. The van der Waals surface area contributed by atoms with Crippen LogP contribution in [0.4, 0.5) is 0 Å². The molecule has 0 amide bonds. The van der Waals surface area contributed by atoms with Crippen LogP contribution >= 0.6 is 12.6 Å². The van der Waals surface area contributed by atoms with Crippen LogP contribution in [0.1, 0.15) is 30.9 Å². The summed E-state index contributed by atoms with van der Waals surface area (Å²) in [4.78, 5) is 11.6. The van der Waals surface area contributed by atoms with Gasteiger partial charge in [-0.25, -0.2) is 0 Å². The average molecular weight is 194 g/mol. The minimum atomic E-state index is -0.0259. The van der Waals surface area contributed by atoms with Gasteiger partial charge in [-0.3, -0.25) is 0 Å². The SMILES string of the molecule is CCc1c(S)cccc1C(C)C=O. The summed E-state index contributed by atoms with van der Waals surface area (Å²) in [5.41, 5.74) is 2.29. The highest BCUT2D eigenvalue weighted by Gasteiger charge is 2.09. The van der Waals surface area contributed by atoms with E-state index in [0.717, 1.165) is 23.2 Å². The molecule has 1 aromatic carbocycles. The van der Waals surface area contributed by atoms with Gasteiger partial charge >= 0.3 is 0 Å². The van der Waals surface area contributed by atoms with Crippen LogP contribution < -0.4 is 0 Å². The molecule has 0 aliphatic rings. The molecule has 0 saturated carbocycles. The lowest BCUT2D eigenvalue weighted by atomic mass is 9.95. The van der Waals surface area contributed by atoms with Crippen LogP contribution in [0.15, 0.2) is 23.1 Å². The number of thiol groups is 1. The van der Waals surface area contributed by atoms with Crippen LogP contribution in [-0.4, -0.2) is 6.29 Å². The van der Waals surface area contributed by atoms with Crippen LogP contribution in [0, 0.1) is 0 Å². The van der Waals surface area contributed by atoms with Crippen LogP contribution in [0.3, 0.4) is 0 Å². The van der Waals surface area contributed by atoms with Crippen LogP contribution in [0.5, 0.6) is 0 Å². The Bertz CT molecular complexity index is 307. The summed E-state index contributed by atoms with van der Waals surface area (Å²) in [6.07, 6.45) is 1.90. The van der Waals surface area contributed by atoms with Gasteiger partial charge in [-0.1, -0.05) is 26.0 Å². The van der Waals surface area contributed by atoms with E-state index in [-0.39, 0.29) is 5.92 Å². The third kappa shape index (κ3) is 2.13. The lowest BCUT2D eigenvalue weighted by Gasteiger charge is -2.12. The van der Waals surface area contributed by atoms with Crippen molar-refractivity contribution in [1.29, 1.82) is 0 Å². The number of carbonyl (C=O) groups is 1. The van der Waals surface area contributed by atoms with Gasteiger partial charge in [0, 0.05) is 10.8 Å². The number of aldehydes is 1. The summed E-state index contributed by atoms with van der Waals surface area (Å²) in [7, 11) is 0. The van der Waals surface area contributed by atoms with Crippen LogP contribution in [-0.2, 0) is 11.2 Å². The number of carbonyl (C=O) groups excluding carboxylic acids is 1. The number of rotatable bonds is 3. The van der Waals surface area contributed by atoms with Gasteiger partial charge in [0.2, 0.25) is 0 Å². The fourth-order valence-electron chi connectivity index (χ4n) is 1.48. The van der Waals surface area contributed by atoms with E-state index >= 15 is 0 Å². The maximum atomic E-state index is 10.7. The van der Waals surface area contributed by atoms with Gasteiger partial charge in [0.15, 0.2) is 0 Å². The molecule has 0 aromatic heterocycles. The van der Waals surface area contributed by atoms with E-state index in [1.54, 1.807) is 0 Å². The zero-order valence-electron chi connectivity index (χ0n) is 7.95. The monoisotopic (exact) mass is 194 g/mol. The lowest BCUT2D eigenvalue weighted by Crippen LogP contribution is -2.00. The number of hydrogen-bond donors (Lipinski definition) is 1. The predicted molar refractivity (Wildman–Crippen MR) is 57.6 cm³/mol. The maximum Gasteiger partial charge on any atom is 0.127 e. The highest BCUT2D eigenvalue weighted by molar-refractivity contribution is 7.80. The van der Waals surface area contributed by atoms with Gasteiger partial charge in [0.25, 0.3) is 0 Å². The van der Waals surface area contributed by atoms with Crippen molar-refractivity contribution in [3.05, 3.63) is 29.3 Å². The molecule has 1 unspecified atom stereocenters. The first-order chi connectivity index (χ1) is 6.20. The normalized spacial score (nSPS) is 12.5. The van der Waals surface area contributed by atoms with Crippen molar-refractivity contribution in [3.8, 4) is 0 Å². The van der Waals surface area contributed by atoms with Gasteiger partial charge in [-0.2, -0.15) is 0 Å². The number of benzene rings is 1. The summed E-state index contributed by atoms with van der Waals surface area (Å²) in [6.45, 7) is 3.99. The zero-order valence-corrected chi connectivity index (χ0v) is 8.84. The smallest absolute Gasteiger partial charge is 0.127 e. The predicted octanol–water partition coefficient (Wildman–Crippen LogP) is 2.84. The largest absolute Gasteiger partial charge is 0.303 e. The minimum Gasteiger partial charge on any atom is -0.303 e. The van der Waals surface area contributed by atoms with Crippen molar-refractivity contribution in [3.63, 3.8) is 0 Å². The Morgan fingerprint density at radius 2 is 2.23 bits per heavy atom. The van der Waals surface area contributed by atoms with Gasteiger partial charge < -0.3 is 4.79 Å². The molecule has 1 atom stereocenters. The van der Waals surface area contributed by atoms with Gasteiger partial charge in [0.05, 0.1) is 0 Å². The lowest BCUT2D eigenvalue weighted by molar-refractivity contribution is -0.108. The third-order valence-corrected chi connectivity index (χ3v) is 2.65. The first-order valence-corrected chi connectivity index (χ1v) is 4.91. The molecule has 1 nitrogen and oxygen atoms in total. The molecule has 0 bridgehead atoms. The first kappa shape index (κ1) is 10.3. The van der Waals surface area contributed by atoms with E-state index in [4.69, 9.17) is 0 Å². The van der Waals surface area contributed by atoms with Crippen molar-refractivity contribution in [1.82, 2.24) is 0 Å². The second-order valence-corrected chi connectivity index (χ2v) is 3.61. The quantitative estimate of drug-likeness (QED) is 0.578. The molecule has 0 radical (unpaired) electrons. The molecule has 0 fully saturated rings. The Morgan fingerprint density at radius 1 is 1.54 bits per heavy atom. The van der Waals surface area contributed by atoms with Crippen LogP contribution in [0.2, 0.25) is 0 Å². The van der Waals surface area contributed by atoms with Crippen molar-refractivity contribution in [2.45, 2.75) is 31.1 Å². The highest BCUT2D eigenvalue weighted by Crippen LogP contribution is 2.24. The van der Waals surface area contributed by atoms with E-state index in [9.17, 15) is 4.79 Å². The molecule has 0 saturated heterocycles. The molecule has 0 spiro atoms. The fraction of sp³-hybridized carbons (Fsp3) is 0.364. The second-order valence-electron chi connectivity index (χ2n) is 3.12. The van der Waals surface area contributed by atoms with Crippen LogP contribution in [0.25, 0.3) is 0 Å². The summed E-state index contributed by atoms with van der Waals surface area (Å²) in [5, 5.41) is 0. The summed E-state index contributed by atoms with van der Waals surface area (Å²) in [6, 6.07) is 5.90. The Hall–Kier alpha value is -0.760. The Balaban J connectivity index is 3.19. The minimum absolute atomic E-state index is 0.0259. The van der Waals surface area contributed by atoms with Crippen molar-refractivity contribution in [2.75, 3.05) is 0 Å². The Morgan fingerprint density at radius 3 is 2.77 bits per heavy atom.